The predicted molar refractivity (Wildman–Crippen MR) is 114 cm³/mol. The molecule has 0 atom stereocenters. The number of halogens is 1. The lowest BCUT2D eigenvalue weighted by molar-refractivity contribution is -0.118. The molecule has 0 fully saturated rings. The summed E-state index contributed by atoms with van der Waals surface area (Å²) in [6.07, 6.45) is 4.61. The van der Waals surface area contributed by atoms with Crippen molar-refractivity contribution in [2.45, 2.75) is 18.6 Å². The van der Waals surface area contributed by atoms with E-state index in [1.165, 1.54) is 28.6 Å². The Hall–Kier alpha value is -3.38. The number of hydrogen-bond acceptors (Lipinski definition) is 6. The number of benzene rings is 1. The standard InChI is InChI=1S/C21H21FN6OS/c22-16-5-7-17(8-6-16)28-21(24)18(11-23)19(27-28)4-2-10-26-20(29)14-30-13-15-3-1-9-25-12-15/h1,3,5-9,12H,2,4,10,13-14,24H2,(H,26,29). The van der Waals surface area contributed by atoms with Gasteiger partial charge in [-0.2, -0.15) is 10.4 Å². The van der Waals surface area contributed by atoms with Gasteiger partial charge < -0.3 is 11.1 Å². The van der Waals surface area contributed by atoms with E-state index in [0.29, 0.717) is 42.1 Å². The van der Waals surface area contributed by atoms with Crippen molar-refractivity contribution in [3.8, 4) is 11.8 Å². The summed E-state index contributed by atoms with van der Waals surface area (Å²) in [5.41, 5.74) is 8.56. The average Bonchev–Trinajstić information content (AvgIpc) is 3.08. The van der Waals surface area contributed by atoms with Gasteiger partial charge in [-0.25, -0.2) is 9.07 Å². The summed E-state index contributed by atoms with van der Waals surface area (Å²) in [5, 5.41) is 16.7. The maximum Gasteiger partial charge on any atom is 0.230 e. The number of amides is 1. The van der Waals surface area contributed by atoms with Gasteiger partial charge in [0.15, 0.2) is 0 Å². The summed E-state index contributed by atoms with van der Waals surface area (Å²) in [6, 6.07) is 11.6. The van der Waals surface area contributed by atoms with Crippen LogP contribution in [0.2, 0.25) is 0 Å². The molecule has 3 rings (SSSR count). The van der Waals surface area contributed by atoms with Crippen molar-refractivity contribution in [2.24, 2.45) is 0 Å². The van der Waals surface area contributed by atoms with E-state index in [2.05, 4.69) is 21.5 Å². The van der Waals surface area contributed by atoms with Gasteiger partial charge in [0.05, 0.1) is 17.1 Å². The van der Waals surface area contributed by atoms with Crippen LogP contribution in [0.3, 0.4) is 0 Å². The number of aryl methyl sites for hydroxylation is 1. The fourth-order valence-electron chi connectivity index (χ4n) is 2.83. The van der Waals surface area contributed by atoms with E-state index in [0.717, 1.165) is 11.3 Å². The molecule has 1 amide bonds. The van der Waals surface area contributed by atoms with Gasteiger partial charge in [0.25, 0.3) is 0 Å². The first-order valence-corrected chi connectivity index (χ1v) is 10.5. The van der Waals surface area contributed by atoms with E-state index >= 15 is 0 Å². The third-order valence-corrected chi connectivity index (χ3v) is 5.32. The van der Waals surface area contributed by atoms with Crippen molar-refractivity contribution < 1.29 is 9.18 Å². The van der Waals surface area contributed by atoms with E-state index in [-0.39, 0.29) is 17.5 Å². The summed E-state index contributed by atoms with van der Waals surface area (Å²) in [6.45, 7) is 0.473. The monoisotopic (exact) mass is 424 g/mol. The number of anilines is 1. The first-order valence-electron chi connectivity index (χ1n) is 9.35. The van der Waals surface area contributed by atoms with Crippen LogP contribution in [-0.2, 0) is 17.0 Å². The van der Waals surface area contributed by atoms with Crippen LogP contribution in [0.4, 0.5) is 10.2 Å². The Bertz CT molecular complexity index is 1030. The molecule has 0 radical (unpaired) electrons. The van der Waals surface area contributed by atoms with Crippen LogP contribution < -0.4 is 11.1 Å². The highest BCUT2D eigenvalue weighted by molar-refractivity contribution is 7.99. The molecule has 0 spiro atoms. The largest absolute Gasteiger partial charge is 0.382 e. The molecular weight excluding hydrogens is 403 g/mol. The van der Waals surface area contributed by atoms with E-state index in [4.69, 9.17) is 5.73 Å². The van der Waals surface area contributed by atoms with Gasteiger partial charge >= 0.3 is 0 Å². The van der Waals surface area contributed by atoms with Crippen molar-refractivity contribution in [1.82, 2.24) is 20.1 Å². The number of nitrogen functional groups attached to an aromatic ring is 1. The van der Waals surface area contributed by atoms with Crippen molar-refractivity contribution in [1.29, 1.82) is 5.26 Å². The Balaban J connectivity index is 1.47. The second-order valence-electron chi connectivity index (χ2n) is 6.51. The third kappa shape index (κ3) is 5.58. The highest BCUT2D eigenvalue weighted by atomic mass is 32.2. The molecule has 0 aliphatic heterocycles. The van der Waals surface area contributed by atoms with E-state index < -0.39 is 0 Å². The summed E-state index contributed by atoms with van der Waals surface area (Å²) in [7, 11) is 0. The quantitative estimate of drug-likeness (QED) is 0.511. The average molecular weight is 425 g/mol. The molecule has 9 heteroatoms. The summed E-state index contributed by atoms with van der Waals surface area (Å²) < 4.78 is 14.6. The second kappa shape index (κ2) is 10.4. The van der Waals surface area contributed by atoms with Gasteiger partial charge in [0.2, 0.25) is 5.91 Å². The fourth-order valence-corrected chi connectivity index (χ4v) is 3.63. The van der Waals surface area contributed by atoms with E-state index in [9.17, 15) is 14.4 Å². The third-order valence-electron chi connectivity index (χ3n) is 4.31. The van der Waals surface area contributed by atoms with Crippen LogP contribution >= 0.6 is 11.8 Å². The van der Waals surface area contributed by atoms with Gasteiger partial charge in [0, 0.05) is 24.7 Å². The molecular formula is C21H21FN6OS. The number of hydrogen-bond donors (Lipinski definition) is 2. The zero-order valence-electron chi connectivity index (χ0n) is 16.2. The van der Waals surface area contributed by atoms with Crippen LogP contribution in [0.15, 0.2) is 48.8 Å². The van der Waals surface area contributed by atoms with Crippen LogP contribution in [0.25, 0.3) is 5.69 Å². The Labute approximate surface area is 178 Å². The van der Waals surface area contributed by atoms with Gasteiger partial charge in [-0.05, 0) is 48.7 Å². The molecule has 30 heavy (non-hydrogen) atoms. The Morgan fingerprint density at radius 1 is 1.30 bits per heavy atom. The molecule has 7 nitrogen and oxygen atoms in total. The lowest BCUT2D eigenvalue weighted by Crippen LogP contribution is -2.26. The zero-order chi connectivity index (χ0) is 21.3. The lowest BCUT2D eigenvalue weighted by Gasteiger charge is -2.05. The number of carbonyl (C=O) groups is 1. The van der Waals surface area contributed by atoms with Crippen LogP contribution in [-0.4, -0.2) is 33.0 Å². The molecule has 0 bridgehead atoms. The molecule has 2 aromatic heterocycles. The van der Waals surface area contributed by atoms with Crippen molar-refractivity contribution >= 4 is 23.5 Å². The number of pyridine rings is 1. The number of nitrogens with two attached hydrogens (primary N) is 1. The normalized spacial score (nSPS) is 10.5. The lowest BCUT2D eigenvalue weighted by atomic mass is 10.1. The molecule has 0 saturated heterocycles. The minimum atomic E-state index is -0.362. The predicted octanol–water partition coefficient (Wildman–Crippen LogP) is 2.84. The number of nitriles is 1. The van der Waals surface area contributed by atoms with Gasteiger partial charge in [-0.3, -0.25) is 9.78 Å². The van der Waals surface area contributed by atoms with Crippen molar-refractivity contribution in [3.63, 3.8) is 0 Å². The van der Waals surface area contributed by atoms with Crippen LogP contribution in [0, 0.1) is 17.1 Å². The van der Waals surface area contributed by atoms with Gasteiger partial charge in [-0.1, -0.05) is 6.07 Å². The molecule has 2 heterocycles. The smallest absolute Gasteiger partial charge is 0.230 e. The summed E-state index contributed by atoms with van der Waals surface area (Å²) in [5.74, 6) is 0.910. The van der Waals surface area contributed by atoms with E-state index in [1.807, 2.05) is 12.1 Å². The first-order chi connectivity index (χ1) is 14.6. The molecule has 0 unspecified atom stereocenters. The SMILES string of the molecule is N#Cc1c(CCCNC(=O)CSCc2cccnc2)nn(-c2ccc(F)cc2)c1N. The molecule has 0 aliphatic rings. The minimum Gasteiger partial charge on any atom is -0.382 e. The minimum absolute atomic E-state index is 0.0410. The zero-order valence-corrected chi connectivity index (χ0v) is 17.0. The number of carbonyl (C=O) groups excluding carboxylic acids is 1. The van der Waals surface area contributed by atoms with Crippen molar-refractivity contribution in [3.05, 3.63) is 71.4 Å². The Morgan fingerprint density at radius 2 is 2.10 bits per heavy atom. The van der Waals surface area contributed by atoms with Gasteiger partial charge in [-0.15, -0.1) is 11.8 Å². The van der Waals surface area contributed by atoms with Crippen LogP contribution in [0.1, 0.15) is 23.2 Å². The maximum absolute atomic E-state index is 13.1. The van der Waals surface area contributed by atoms with Gasteiger partial charge in [0.1, 0.15) is 23.3 Å². The summed E-state index contributed by atoms with van der Waals surface area (Å²) >= 11 is 1.52. The maximum atomic E-state index is 13.1. The highest BCUT2D eigenvalue weighted by Crippen LogP contribution is 2.21. The number of aromatic nitrogens is 3. The molecule has 3 N–H and O–H groups in total. The molecule has 1 aromatic carbocycles. The number of thioether (sulfide) groups is 1. The van der Waals surface area contributed by atoms with Crippen molar-refractivity contribution in [2.75, 3.05) is 18.0 Å². The fraction of sp³-hybridized carbons (Fsp3) is 0.238. The number of nitrogens with one attached hydrogen (secondary N) is 1. The Kier molecular flexibility index (Phi) is 7.40. The van der Waals surface area contributed by atoms with Crippen LogP contribution in [0.5, 0.6) is 0 Å². The number of nitrogens with zero attached hydrogens (tertiary/aromatic N) is 4. The Morgan fingerprint density at radius 3 is 2.80 bits per heavy atom. The molecule has 0 saturated carbocycles. The number of rotatable bonds is 9. The molecule has 154 valence electrons. The van der Waals surface area contributed by atoms with E-state index in [1.54, 1.807) is 24.5 Å². The molecule has 0 aliphatic carbocycles. The highest BCUT2D eigenvalue weighted by Gasteiger charge is 2.16. The first kappa shape index (κ1) is 21.3. The molecule has 3 aromatic rings. The summed E-state index contributed by atoms with van der Waals surface area (Å²) in [4.78, 5) is 16.0. The topological polar surface area (TPSA) is 110 Å². The second-order valence-corrected chi connectivity index (χ2v) is 7.50.